The van der Waals surface area contributed by atoms with E-state index in [9.17, 15) is 14.4 Å². The normalized spacial score (nSPS) is 11.6. The van der Waals surface area contributed by atoms with Crippen LogP contribution in [-0.4, -0.2) is 30.5 Å². The number of amides is 2. The third-order valence-electron chi connectivity index (χ3n) is 4.02. The quantitative estimate of drug-likeness (QED) is 0.681. The molecule has 1 atom stereocenters. The van der Waals surface area contributed by atoms with Gasteiger partial charge < -0.3 is 20.5 Å². The zero-order chi connectivity index (χ0) is 20.7. The number of para-hydroxylation sites is 1. The summed E-state index contributed by atoms with van der Waals surface area (Å²) in [6, 6.07) is 13.7. The van der Waals surface area contributed by atoms with Crippen LogP contribution in [0.3, 0.4) is 0 Å². The van der Waals surface area contributed by atoms with E-state index in [-0.39, 0.29) is 11.3 Å². The molecule has 0 radical (unpaired) electrons. The molecular formula is C21H24N2O5. The molecular weight excluding hydrogens is 360 g/mol. The standard InChI is InChI=1S/C21H24N2O5/c1-13(2)15-8-10-16(11-9-15)23-21(26)14(3)28-19(24)12-27-18-7-5-4-6-17(18)20(22)25/h4-11,13-14H,12H2,1-3H3,(H2,22,25)(H,23,26)/t14-/m1/s1. The second-order valence-electron chi connectivity index (χ2n) is 6.55. The molecule has 2 aromatic carbocycles. The van der Waals surface area contributed by atoms with Crippen LogP contribution in [0.5, 0.6) is 5.75 Å². The largest absolute Gasteiger partial charge is 0.481 e. The second kappa shape index (κ2) is 9.55. The van der Waals surface area contributed by atoms with E-state index in [0.717, 1.165) is 5.56 Å². The predicted octanol–water partition coefficient (Wildman–Crippen LogP) is 2.86. The van der Waals surface area contributed by atoms with Crippen LogP contribution in [0.2, 0.25) is 0 Å². The van der Waals surface area contributed by atoms with Crippen molar-refractivity contribution in [3.05, 3.63) is 59.7 Å². The monoisotopic (exact) mass is 384 g/mol. The smallest absolute Gasteiger partial charge is 0.344 e. The Bertz CT molecular complexity index is 846. The van der Waals surface area contributed by atoms with E-state index >= 15 is 0 Å². The van der Waals surface area contributed by atoms with Gasteiger partial charge in [0.15, 0.2) is 12.7 Å². The SMILES string of the molecule is CC(C)c1ccc(NC(=O)[C@@H](C)OC(=O)COc2ccccc2C(N)=O)cc1. The van der Waals surface area contributed by atoms with Crippen LogP contribution in [0.1, 0.15) is 42.6 Å². The van der Waals surface area contributed by atoms with Gasteiger partial charge in [-0.1, -0.05) is 38.1 Å². The average molecular weight is 384 g/mol. The minimum Gasteiger partial charge on any atom is -0.481 e. The molecule has 28 heavy (non-hydrogen) atoms. The van der Waals surface area contributed by atoms with Gasteiger partial charge in [-0.2, -0.15) is 0 Å². The molecule has 0 spiro atoms. The Balaban J connectivity index is 1.86. The predicted molar refractivity (Wildman–Crippen MR) is 105 cm³/mol. The van der Waals surface area contributed by atoms with Crippen LogP contribution >= 0.6 is 0 Å². The molecule has 0 aliphatic heterocycles. The molecule has 0 saturated heterocycles. The highest BCUT2D eigenvalue weighted by atomic mass is 16.6. The number of carbonyl (C=O) groups excluding carboxylic acids is 3. The van der Waals surface area contributed by atoms with E-state index in [0.29, 0.717) is 11.6 Å². The molecule has 0 bridgehead atoms. The van der Waals surface area contributed by atoms with Crippen molar-refractivity contribution in [1.82, 2.24) is 0 Å². The lowest BCUT2D eigenvalue weighted by Crippen LogP contribution is -2.31. The molecule has 7 heteroatoms. The van der Waals surface area contributed by atoms with Crippen LogP contribution in [0.25, 0.3) is 0 Å². The molecule has 2 amide bonds. The van der Waals surface area contributed by atoms with Crippen molar-refractivity contribution in [2.24, 2.45) is 5.73 Å². The zero-order valence-corrected chi connectivity index (χ0v) is 16.1. The maximum atomic E-state index is 12.2. The van der Waals surface area contributed by atoms with Gasteiger partial charge in [0.2, 0.25) is 0 Å². The molecule has 0 aromatic heterocycles. The Morgan fingerprint density at radius 3 is 2.25 bits per heavy atom. The summed E-state index contributed by atoms with van der Waals surface area (Å²) in [7, 11) is 0. The number of hydrogen-bond acceptors (Lipinski definition) is 5. The van der Waals surface area contributed by atoms with Gasteiger partial charge >= 0.3 is 5.97 Å². The summed E-state index contributed by atoms with van der Waals surface area (Å²) in [6.45, 7) is 5.18. The summed E-state index contributed by atoms with van der Waals surface area (Å²) in [6.07, 6.45) is -1.01. The Morgan fingerprint density at radius 2 is 1.64 bits per heavy atom. The Hall–Kier alpha value is -3.35. The number of benzene rings is 2. The van der Waals surface area contributed by atoms with Crippen molar-refractivity contribution in [2.45, 2.75) is 32.8 Å². The first kappa shape index (κ1) is 21.0. The van der Waals surface area contributed by atoms with Gasteiger partial charge in [0, 0.05) is 5.69 Å². The second-order valence-corrected chi connectivity index (χ2v) is 6.55. The summed E-state index contributed by atoms with van der Waals surface area (Å²) in [5, 5.41) is 2.69. The van der Waals surface area contributed by atoms with Gasteiger partial charge in [0.25, 0.3) is 11.8 Å². The van der Waals surface area contributed by atoms with Crippen LogP contribution in [0.15, 0.2) is 48.5 Å². The highest BCUT2D eigenvalue weighted by Gasteiger charge is 2.19. The highest BCUT2D eigenvalue weighted by molar-refractivity contribution is 5.96. The van der Waals surface area contributed by atoms with Crippen LogP contribution in [-0.2, 0) is 14.3 Å². The minimum atomic E-state index is -1.01. The van der Waals surface area contributed by atoms with E-state index in [1.54, 1.807) is 24.3 Å². The molecule has 7 nitrogen and oxygen atoms in total. The molecule has 148 valence electrons. The lowest BCUT2D eigenvalue weighted by atomic mass is 10.0. The summed E-state index contributed by atoms with van der Waals surface area (Å²) < 4.78 is 10.4. The van der Waals surface area contributed by atoms with Gasteiger partial charge in [0.1, 0.15) is 5.75 Å². The van der Waals surface area contributed by atoms with Gasteiger partial charge in [0.05, 0.1) is 5.56 Å². The fraction of sp³-hybridized carbons (Fsp3) is 0.286. The fourth-order valence-electron chi connectivity index (χ4n) is 2.41. The fourth-order valence-corrected chi connectivity index (χ4v) is 2.41. The van der Waals surface area contributed by atoms with Crippen LogP contribution in [0, 0.1) is 0 Å². The summed E-state index contributed by atoms with van der Waals surface area (Å²) >= 11 is 0. The number of nitrogens with one attached hydrogen (secondary N) is 1. The number of nitrogens with two attached hydrogens (primary N) is 1. The van der Waals surface area contributed by atoms with E-state index in [4.69, 9.17) is 15.2 Å². The molecule has 2 rings (SSSR count). The third-order valence-corrected chi connectivity index (χ3v) is 4.02. The van der Waals surface area contributed by atoms with Gasteiger partial charge in [-0.05, 0) is 42.7 Å². The van der Waals surface area contributed by atoms with Crippen molar-refractivity contribution < 1.29 is 23.9 Å². The summed E-state index contributed by atoms with van der Waals surface area (Å²) in [5.41, 5.74) is 7.18. The Kier molecular flexibility index (Phi) is 7.14. The van der Waals surface area contributed by atoms with Crippen molar-refractivity contribution in [3.8, 4) is 5.75 Å². The van der Waals surface area contributed by atoms with Crippen LogP contribution in [0.4, 0.5) is 5.69 Å². The first-order valence-electron chi connectivity index (χ1n) is 8.90. The molecule has 0 saturated carbocycles. The summed E-state index contributed by atoms with van der Waals surface area (Å²) in [5.74, 6) is -1.29. The van der Waals surface area contributed by atoms with Crippen molar-refractivity contribution in [2.75, 3.05) is 11.9 Å². The Labute approximate surface area is 163 Å². The number of hydrogen-bond donors (Lipinski definition) is 2. The van der Waals surface area contributed by atoms with Gasteiger partial charge in [-0.15, -0.1) is 0 Å². The van der Waals surface area contributed by atoms with E-state index < -0.39 is 30.5 Å². The molecule has 3 N–H and O–H groups in total. The molecule has 0 unspecified atom stereocenters. The lowest BCUT2D eigenvalue weighted by molar-refractivity contribution is -0.155. The van der Waals surface area contributed by atoms with Crippen LogP contribution < -0.4 is 15.8 Å². The molecule has 0 aliphatic carbocycles. The third kappa shape index (κ3) is 5.84. The van der Waals surface area contributed by atoms with Crippen molar-refractivity contribution >= 4 is 23.5 Å². The van der Waals surface area contributed by atoms with Gasteiger partial charge in [-0.25, -0.2) is 4.79 Å². The highest BCUT2D eigenvalue weighted by Crippen LogP contribution is 2.18. The minimum absolute atomic E-state index is 0.158. The number of esters is 1. The lowest BCUT2D eigenvalue weighted by Gasteiger charge is -2.15. The molecule has 0 fully saturated rings. The number of primary amides is 1. The van der Waals surface area contributed by atoms with Crippen molar-refractivity contribution in [1.29, 1.82) is 0 Å². The summed E-state index contributed by atoms with van der Waals surface area (Å²) in [4.78, 5) is 35.5. The molecule has 2 aromatic rings. The first-order valence-corrected chi connectivity index (χ1v) is 8.90. The maximum Gasteiger partial charge on any atom is 0.344 e. The number of rotatable bonds is 8. The first-order chi connectivity index (χ1) is 13.3. The Morgan fingerprint density at radius 1 is 1.00 bits per heavy atom. The molecule has 0 heterocycles. The average Bonchev–Trinajstić information content (AvgIpc) is 2.66. The maximum absolute atomic E-state index is 12.2. The van der Waals surface area contributed by atoms with Crippen molar-refractivity contribution in [3.63, 3.8) is 0 Å². The zero-order valence-electron chi connectivity index (χ0n) is 16.1. The number of carbonyl (C=O) groups is 3. The van der Waals surface area contributed by atoms with E-state index in [1.807, 2.05) is 12.1 Å². The number of ether oxygens (including phenoxy) is 2. The van der Waals surface area contributed by atoms with E-state index in [2.05, 4.69) is 19.2 Å². The van der Waals surface area contributed by atoms with E-state index in [1.165, 1.54) is 19.1 Å². The number of anilines is 1. The molecule has 0 aliphatic rings. The topological polar surface area (TPSA) is 108 Å². The van der Waals surface area contributed by atoms with Gasteiger partial charge in [-0.3, -0.25) is 9.59 Å².